The van der Waals surface area contributed by atoms with Crippen molar-refractivity contribution in [3.8, 4) is 0 Å². The van der Waals surface area contributed by atoms with Gasteiger partial charge in [0.15, 0.2) is 5.78 Å². The molecule has 0 saturated carbocycles. The molecule has 0 heterocycles. The number of benzene rings is 1. The lowest BCUT2D eigenvalue weighted by Crippen LogP contribution is -2.30. The zero-order chi connectivity index (χ0) is 11.7. The van der Waals surface area contributed by atoms with Gasteiger partial charge >= 0.3 is 0 Å². The Morgan fingerprint density at radius 1 is 1.31 bits per heavy atom. The SMILES string of the molecule is CCC1=C(OC)C(c2ccccc2C)C1=O. The third-order valence-electron chi connectivity index (χ3n) is 3.19. The summed E-state index contributed by atoms with van der Waals surface area (Å²) in [5.74, 6) is 0.900. The molecule has 1 aliphatic carbocycles. The second kappa shape index (κ2) is 4.12. The minimum Gasteiger partial charge on any atom is -0.500 e. The topological polar surface area (TPSA) is 26.3 Å². The summed E-state index contributed by atoms with van der Waals surface area (Å²) in [7, 11) is 1.64. The fourth-order valence-corrected chi connectivity index (χ4v) is 2.29. The van der Waals surface area contributed by atoms with Gasteiger partial charge in [0.05, 0.1) is 7.11 Å². The summed E-state index contributed by atoms with van der Waals surface area (Å²) in [5.41, 5.74) is 3.06. The van der Waals surface area contributed by atoms with E-state index in [1.165, 1.54) is 0 Å². The molecule has 0 radical (unpaired) electrons. The quantitative estimate of drug-likeness (QED) is 0.776. The molecule has 1 unspecified atom stereocenters. The molecule has 0 spiro atoms. The van der Waals surface area contributed by atoms with E-state index < -0.39 is 0 Å². The molecule has 1 aliphatic rings. The van der Waals surface area contributed by atoms with Crippen LogP contribution in [0.3, 0.4) is 0 Å². The van der Waals surface area contributed by atoms with Crippen LogP contribution in [0.2, 0.25) is 0 Å². The van der Waals surface area contributed by atoms with Crippen molar-refractivity contribution in [1.29, 1.82) is 0 Å². The maximum atomic E-state index is 12.0. The first kappa shape index (κ1) is 10.9. The molecule has 0 aromatic heterocycles. The van der Waals surface area contributed by atoms with Gasteiger partial charge in [-0.15, -0.1) is 0 Å². The van der Waals surface area contributed by atoms with Gasteiger partial charge in [-0.1, -0.05) is 31.2 Å². The summed E-state index contributed by atoms with van der Waals surface area (Å²) in [4.78, 5) is 12.0. The van der Waals surface area contributed by atoms with E-state index in [2.05, 4.69) is 0 Å². The zero-order valence-corrected chi connectivity index (χ0v) is 9.91. The van der Waals surface area contributed by atoms with E-state index in [1.807, 2.05) is 38.1 Å². The summed E-state index contributed by atoms with van der Waals surface area (Å²) >= 11 is 0. The second-order valence-corrected chi connectivity index (χ2v) is 4.05. The van der Waals surface area contributed by atoms with Crippen molar-refractivity contribution in [1.82, 2.24) is 0 Å². The summed E-state index contributed by atoms with van der Waals surface area (Å²) in [6, 6.07) is 7.98. The van der Waals surface area contributed by atoms with Gasteiger partial charge in [-0.3, -0.25) is 4.79 Å². The summed E-state index contributed by atoms with van der Waals surface area (Å²) in [6.07, 6.45) is 0.754. The third kappa shape index (κ3) is 1.45. The molecule has 1 aromatic carbocycles. The van der Waals surface area contributed by atoms with Crippen LogP contribution in [-0.2, 0) is 9.53 Å². The summed E-state index contributed by atoms with van der Waals surface area (Å²) in [6.45, 7) is 4.01. The van der Waals surface area contributed by atoms with Gasteiger partial charge in [0, 0.05) is 5.57 Å². The molecule has 0 amide bonds. The Bertz CT molecular complexity index is 458. The van der Waals surface area contributed by atoms with Gasteiger partial charge in [0.1, 0.15) is 11.7 Å². The lowest BCUT2D eigenvalue weighted by atomic mass is 9.75. The Morgan fingerprint density at radius 2 is 2.00 bits per heavy atom. The first-order valence-corrected chi connectivity index (χ1v) is 5.57. The fourth-order valence-electron chi connectivity index (χ4n) is 2.29. The third-order valence-corrected chi connectivity index (χ3v) is 3.19. The first-order valence-electron chi connectivity index (χ1n) is 5.57. The molecule has 0 saturated heterocycles. The van der Waals surface area contributed by atoms with Crippen LogP contribution in [0.15, 0.2) is 35.6 Å². The number of Topliss-reactive ketones (excluding diaryl/α,β-unsaturated/α-hetero) is 1. The van der Waals surface area contributed by atoms with Crippen molar-refractivity contribution < 1.29 is 9.53 Å². The van der Waals surface area contributed by atoms with Crippen molar-refractivity contribution in [3.63, 3.8) is 0 Å². The highest BCUT2D eigenvalue weighted by Crippen LogP contribution is 2.41. The molecule has 1 atom stereocenters. The highest BCUT2D eigenvalue weighted by molar-refractivity contribution is 6.09. The standard InChI is InChI=1S/C14H16O2/c1-4-10-13(15)12(14(10)16-3)11-8-6-5-7-9(11)2/h5-8,12H,4H2,1-3H3. The van der Waals surface area contributed by atoms with Gasteiger partial charge in [0.25, 0.3) is 0 Å². The number of ketones is 1. The van der Waals surface area contributed by atoms with E-state index in [9.17, 15) is 4.79 Å². The van der Waals surface area contributed by atoms with Gasteiger partial charge < -0.3 is 4.74 Å². The average molecular weight is 216 g/mol. The number of methoxy groups -OCH3 is 1. The van der Waals surface area contributed by atoms with E-state index in [0.717, 1.165) is 28.9 Å². The molecule has 1 aromatic rings. The Labute approximate surface area is 95.9 Å². The molecule has 16 heavy (non-hydrogen) atoms. The van der Waals surface area contributed by atoms with Crippen LogP contribution in [-0.4, -0.2) is 12.9 Å². The highest BCUT2D eigenvalue weighted by Gasteiger charge is 2.40. The van der Waals surface area contributed by atoms with E-state index in [-0.39, 0.29) is 11.7 Å². The molecule has 2 rings (SSSR count). The lowest BCUT2D eigenvalue weighted by Gasteiger charge is -2.31. The number of carbonyl (C=O) groups is 1. The van der Waals surface area contributed by atoms with Crippen LogP contribution in [0.5, 0.6) is 0 Å². The van der Waals surface area contributed by atoms with E-state index in [4.69, 9.17) is 4.74 Å². The van der Waals surface area contributed by atoms with E-state index in [1.54, 1.807) is 7.11 Å². The number of aryl methyl sites for hydroxylation is 1. The Morgan fingerprint density at radius 3 is 2.56 bits per heavy atom. The Kier molecular flexibility index (Phi) is 2.82. The van der Waals surface area contributed by atoms with E-state index >= 15 is 0 Å². The molecule has 0 N–H and O–H groups in total. The molecule has 0 fully saturated rings. The van der Waals surface area contributed by atoms with Crippen molar-refractivity contribution >= 4 is 5.78 Å². The van der Waals surface area contributed by atoms with Crippen molar-refractivity contribution in [2.75, 3.05) is 7.11 Å². The van der Waals surface area contributed by atoms with Gasteiger partial charge in [0.2, 0.25) is 0 Å². The normalized spacial score (nSPS) is 19.7. The molecule has 84 valence electrons. The van der Waals surface area contributed by atoms with Gasteiger partial charge in [-0.2, -0.15) is 0 Å². The minimum absolute atomic E-state index is 0.166. The molecule has 2 nitrogen and oxygen atoms in total. The Hall–Kier alpha value is -1.57. The van der Waals surface area contributed by atoms with Crippen molar-refractivity contribution in [3.05, 3.63) is 46.7 Å². The Balaban J connectivity index is 2.42. The smallest absolute Gasteiger partial charge is 0.177 e. The maximum absolute atomic E-state index is 12.0. The average Bonchev–Trinajstić information content (AvgIpc) is 2.29. The molecule has 0 aliphatic heterocycles. The van der Waals surface area contributed by atoms with Crippen LogP contribution >= 0.6 is 0 Å². The van der Waals surface area contributed by atoms with Gasteiger partial charge in [-0.05, 0) is 24.5 Å². The zero-order valence-electron chi connectivity index (χ0n) is 9.91. The predicted molar refractivity (Wildman–Crippen MR) is 63.3 cm³/mol. The number of hydrogen-bond donors (Lipinski definition) is 0. The molecule has 0 bridgehead atoms. The van der Waals surface area contributed by atoms with Gasteiger partial charge in [-0.25, -0.2) is 0 Å². The van der Waals surface area contributed by atoms with Crippen LogP contribution in [0.4, 0.5) is 0 Å². The largest absolute Gasteiger partial charge is 0.500 e. The predicted octanol–water partition coefficient (Wildman–Crippen LogP) is 2.97. The van der Waals surface area contributed by atoms with Crippen molar-refractivity contribution in [2.45, 2.75) is 26.2 Å². The monoisotopic (exact) mass is 216 g/mol. The number of rotatable bonds is 3. The van der Waals surface area contributed by atoms with Crippen LogP contribution < -0.4 is 0 Å². The maximum Gasteiger partial charge on any atom is 0.177 e. The van der Waals surface area contributed by atoms with Crippen molar-refractivity contribution in [2.24, 2.45) is 0 Å². The first-order chi connectivity index (χ1) is 7.70. The summed E-state index contributed by atoms with van der Waals surface area (Å²) < 4.78 is 5.34. The van der Waals surface area contributed by atoms with Crippen LogP contribution in [0.25, 0.3) is 0 Å². The summed E-state index contributed by atoms with van der Waals surface area (Å²) in [5, 5.41) is 0. The highest BCUT2D eigenvalue weighted by atomic mass is 16.5. The fraction of sp³-hybridized carbons (Fsp3) is 0.357. The number of carbonyl (C=O) groups excluding carboxylic acids is 1. The second-order valence-electron chi connectivity index (χ2n) is 4.05. The molecule has 2 heteroatoms. The van der Waals surface area contributed by atoms with E-state index in [0.29, 0.717) is 0 Å². The number of hydrogen-bond acceptors (Lipinski definition) is 2. The number of ether oxygens (including phenoxy) is 1. The number of allylic oxidation sites excluding steroid dienone is 2. The molecular formula is C14H16O2. The minimum atomic E-state index is -0.166. The van der Waals surface area contributed by atoms with Crippen LogP contribution in [0, 0.1) is 6.92 Å². The molecular weight excluding hydrogens is 200 g/mol. The van der Waals surface area contributed by atoms with Crippen LogP contribution in [0.1, 0.15) is 30.4 Å². The lowest BCUT2D eigenvalue weighted by molar-refractivity contribution is -0.119.